The SMILES string of the molecule is CC.O=C(O)c1cc(Br)c2oc(N3CCOCC3)cc(=O)c2c1. The maximum atomic E-state index is 12.2. The molecule has 1 fully saturated rings. The predicted octanol–water partition coefficient (Wildman–Crippen LogP) is 3.12. The number of hydrogen-bond donors (Lipinski definition) is 1. The number of benzene rings is 1. The number of aromatic carboxylic acids is 1. The van der Waals surface area contributed by atoms with E-state index in [-0.39, 0.29) is 16.4 Å². The Kier molecular flexibility index (Phi) is 5.79. The number of carboxylic acid groups (broad SMARTS) is 1. The summed E-state index contributed by atoms with van der Waals surface area (Å²) in [6, 6.07) is 4.15. The van der Waals surface area contributed by atoms with E-state index < -0.39 is 5.97 Å². The van der Waals surface area contributed by atoms with Crippen LogP contribution in [0.2, 0.25) is 0 Å². The third-order valence-corrected chi connectivity index (χ3v) is 3.93. The minimum Gasteiger partial charge on any atom is -0.478 e. The number of rotatable bonds is 2. The molecule has 1 aromatic heterocycles. The molecule has 0 aliphatic carbocycles. The largest absolute Gasteiger partial charge is 0.478 e. The van der Waals surface area contributed by atoms with Crippen molar-refractivity contribution in [2.45, 2.75) is 13.8 Å². The lowest BCUT2D eigenvalue weighted by Crippen LogP contribution is -2.36. The zero-order valence-corrected chi connectivity index (χ0v) is 14.6. The highest BCUT2D eigenvalue weighted by molar-refractivity contribution is 9.10. The summed E-state index contributed by atoms with van der Waals surface area (Å²) < 4.78 is 11.5. The molecule has 2 heterocycles. The van der Waals surface area contributed by atoms with Gasteiger partial charge in [-0.3, -0.25) is 4.79 Å². The molecule has 6 nitrogen and oxygen atoms in total. The highest BCUT2D eigenvalue weighted by atomic mass is 79.9. The van der Waals surface area contributed by atoms with Crippen LogP contribution < -0.4 is 10.3 Å². The summed E-state index contributed by atoms with van der Waals surface area (Å²) in [4.78, 5) is 25.2. The van der Waals surface area contributed by atoms with Gasteiger partial charge >= 0.3 is 5.97 Å². The summed E-state index contributed by atoms with van der Waals surface area (Å²) in [7, 11) is 0. The van der Waals surface area contributed by atoms with Crippen LogP contribution in [0.4, 0.5) is 5.88 Å². The summed E-state index contributed by atoms with van der Waals surface area (Å²) in [5.41, 5.74) is 0.135. The molecule has 0 unspecified atom stereocenters. The van der Waals surface area contributed by atoms with Crippen LogP contribution in [0.15, 0.2) is 31.9 Å². The third-order valence-electron chi connectivity index (χ3n) is 3.34. The van der Waals surface area contributed by atoms with Crippen LogP contribution in [0, 0.1) is 0 Å². The van der Waals surface area contributed by atoms with Crippen molar-refractivity contribution in [1.29, 1.82) is 0 Å². The van der Waals surface area contributed by atoms with Crippen LogP contribution in [0.25, 0.3) is 11.0 Å². The second-order valence-corrected chi connectivity index (χ2v) is 5.54. The summed E-state index contributed by atoms with van der Waals surface area (Å²) in [5.74, 6) is -0.617. The first-order valence-electron chi connectivity index (χ1n) is 7.39. The lowest BCUT2D eigenvalue weighted by atomic mass is 10.1. The average Bonchev–Trinajstić information content (AvgIpc) is 2.58. The second kappa shape index (κ2) is 7.61. The lowest BCUT2D eigenvalue weighted by molar-refractivity contribution is 0.0697. The van der Waals surface area contributed by atoms with Gasteiger partial charge in [0.15, 0.2) is 16.9 Å². The predicted molar refractivity (Wildman–Crippen MR) is 91.5 cm³/mol. The molecule has 1 N–H and O–H groups in total. The van der Waals surface area contributed by atoms with Crippen molar-refractivity contribution in [2.24, 2.45) is 0 Å². The highest BCUT2D eigenvalue weighted by Gasteiger charge is 2.18. The Labute approximate surface area is 141 Å². The summed E-state index contributed by atoms with van der Waals surface area (Å²) >= 11 is 3.27. The van der Waals surface area contributed by atoms with Gasteiger partial charge in [-0.15, -0.1) is 0 Å². The fourth-order valence-corrected chi connectivity index (χ4v) is 2.81. The Morgan fingerprint density at radius 1 is 1.22 bits per heavy atom. The zero-order chi connectivity index (χ0) is 17.0. The van der Waals surface area contributed by atoms with E-state index >= 15 is 0 Å². The molecule has 0 saturated carbocycles. The number of hydrogen-bond acceptors (Lipinski definition) is 5. The number of morpholine rings is 1. The smallest absolute Gasteiger partial charge is 0.335 e. The standard InChI is InChI=1S/C14H12BrNO5.C2H6/c15-10-6-8(14(18)19)5-9-11(17)7-12(21-13(9)10)16-1-3-20-4-2-16;1-2/h5-7H,1-4H2,(H,18,19);1-2H3. The molecule has 1 aliphatic rings. The fraction of sp³-hybridized carbons (Fsp3) is 0.375. The molecule has 0 amide bonds. The Bertz CT molecular complexity index is 765. The van der Waals surface area contributed by atoms with Crippen molar-refractivity contribution >= 4 is 38.8 Å². The number of fused-ring (bicyclic) bond motifs is 1. The van der Waals surface area contributed by atoms with E-state index in [1.165, 1.54) is 18.2 Å². The Morgan fingerprint density at radius 2 is 1.87 bits per heavy atom. The van der Waals surface area contributed by atoms with E-state index in [0.29, 0.717) is 42.2 Å². The molecule has 2 aromatic rings. The molecule has 1 aromatic carbocycles. The van der Waals surface area contributed by atoms with Gasteiger partial charge in [0.05, 0.1) is 28.6 Å². The van der Waals surface area contributed by atoms with Crippen molar-refractivity contribution in [3.05, 3.63) is 38.5 Å². The molecule has 0 spiro atoms. The van der Waals surface area contributed by atoms with E-state index in [2.05, 4.69) is 15.9 Å². The summed E-state index contributed by atoms with van der Waals surface area (Å²) in [6.45, 7) is 6.47. The number of carbonyl (C=O) groups is 1. The van der Waals surface area contributed by atoms with E-state index in [4.69, 9.17) is 14.3 Å². The van der Waals surface area contributed by atoms with Gasteiger partial charge in [-0.1, -0.05) is 13.8 Å². The first-order valence-corrected chi connectivity index (χ1v) is 8.19. The molecule has 7 heteroatoms. The third kappa shape index (κ3) is 3.73. The molecule has 23 heavy (non-hydrogen) atoms. The van der Waals surface area contributed by atoms with Crippen LogP contribution in [0.1, 0.15) is 24.2 Å². The van der Waals surface area contributed by atoms with Gasteiger partial charge < -0.3 is 19.2 Å². The molecule has 1 aliphatic heterocycles. The number of anilines is 1. The Hall–Kier alpha value is -1.86. The van der Waals surface area contributed by atoms with E-state index in [0.717, 1.165) is 0 Å². The average molecular weight is 384 g/mol. The van der Waals surface area contributed by atoms with Crippen molar-refractivity contribution in [2.75, 3.05) is 31.2 Å². The molecule has 0 bridgehead atoms. The summed E-state index contributed by atoms with van der Waals surface area (Å²) in [6.07, 6.45) is 0. The first kappa shape index (κ1) is 17.5. The van der Waals surface area contributed by atoms with Crippen molar-refractivity contribution in [3.8, 4) is 0 Å². The number of nitrogens with zero attached hydrogens (tertiary/aromatic N) is 1. The second-order valence-electron chi connectivity index (χ2n) is 4.69. The minimum absolute atomic E-state index is 0.0424. The molecule has 124 valence electrons. The van der Waals surface area contributed by atoms with E-state index in [1.807, 2.05) is 18.7 Å². The van der Waals surface area contributed by atoms with Crippen molar-refractivity contribution < 1.29 is 19.1 Å². The van der Waals surface area contributed by atoms with Gasteiger partial charge in [-0.05, 0) is 28.1 Å². The van der Waals surface area contributed by atoms with Crippen molar-refractivity contribution in [3.63, 3.8) is 0 Å². The van der Waals surface area contributed by atoms with Crippen molar-refractivity contribution in [1.82, 2.24) is 0 Å². The molecule has 0 radical (unpaired) electrons. The number of halogens is 1. The van der Waals surface area contributed by atoms with E-state index in [1.54, 1.807) is 0 Å². The van der Waals surface area contributed by atoms with Gasteiger partial charge in [0.1, 0.15) is 0 Å². The zero-order valence-electron chi connectivity index (χ0n) is 13.0. The van der Waals surface area contributed by atoms with Crippen LogP contribution in [-0.2, 0) is 4.74 Å². The maximum absolute atomic E-state index is 12.2. The molecular formula is C16H18BrNO5. The van der Waals surface area contributed by atoms with E-state index in [9.17, 15) is 9.59 Å². The fourth-order valence-electron chi connectivity index (χ4n) is 2.27. The summed E-state index contributed by atoms with van der Waals surface area (Å²) in [5, 5.41) is 9.29. The lowest BCUT2D eigenvalue weighted by Gasteiger charge is -2.27. The number of ether oxygens (including phenoxy) is 1. The molecule has 0 atom stereocenters. The van der Waals surface area contributed by atoms with Gasteiger partial charge in [0, 0.05) is 19.2 Å². The maximum Gasteiger partial charge on any atom is 0.335 e. The Balaban J connectivity index is 0.000000924. The quantitative estimate of drug-likeness (QED) is 0.857. The van der Waals surface area contributed by atoms with Gasteiger partial charge in [0.25, 0.3) is 0 Å². The molecule has 1 saturated heterocycles. The van der Waals surface area contributed by atoms with Crippen LogP contribution >= 0.6 is 15.9 Å². The van der Waals surface area contributed by atoms with Crippen LogP contribution in [0.3, 0.4) is 0 Å². The van der Waals surface area contributed by atoms with Crippen LogP contribution in [0.5, 0.6) is 0 Å². The topological polar surface area (TPSA) is 80.0 Å². The van der Waals surface area contributed by atoms with Gasteiger partial charge in [-0.2, -0.15) is 0 Å². The van der Waals surface area contributed by atoms with Crippen LogP contribution in [-0.4, -0.2) is 37.4 Å². The highest BCUT2D eigenvalue weighted by Crippen LogP contribution is 2.28. The monoisotopic (exact) mass is 383 g/mol. The van der Waals surface area contributed by atoms with Gasteiger partial charge in [-0.25, -0.2) is 4.79 Å². The molecular weight excluding hydrogens is 366 g/mol. The van der Waals surface area contributed by atoms with Gasteiger partial charge in [0.2, 0.25) is 0 Å². The number of carboxylic acids is 1. The molecule has 3 rings (SSSR count). The minimum atomic E-state index is -1.09. The normalized spacial score (nSPS) is 14.3. The Morgan fingerprint density at radius 3 is 2.48 bits per heavy atom. The first-order chi connectivity index (χ1) is 11.1.